The van der Waals surface area contributed by atoms with E-state index in [-0.39, 0.29) is 18.2 Å². The first kappa shape index (κ1) is 17.6. The number of rotatable bonds is 4. The topological polar surface area (TPSA) is 75.2 Å². The van der Waals surface area contributed by atoms with Crippen molar-refractivity contribution < 1.29 is 9.59 Å². The number of nitrogens with zero attached hydrogens (tertiary/aromatic N) is 3. The van der Waals surface area contributed by atoms with Crippen LogP contribution in [0.3, 0.4) is 0 Å². The van der Waals surface area contributed by atoms with Gasteiger partial charge in [0.2, 0.25) is 11.8 Å². The van der Waals surface area contributed by atoms with Crippen LogP contribution in [0.5, 0.6) is 0 Å². The standard InChI is InChI=1S/C19H15ClN4O2S/c20-14-5-1-2-6-16(14)24-10-13(8-17(24)25)18(26)23-19-22-15(11-27-19)12-4-3-7-21-9-12/h1-7,9,11,13H,8,10H2,(H,22,23,26). The molecule has 0 bridgehead atoms. The van der Waals surface area contributed by atoms with Gasteiger partial charge in [-0.2, -0.15) is 0 Å². The lowest BCUT2D eigenvalue weighted by Crippen LogP contribution is -2.28. The van der Waals surface area contributed by atoms with Crippen LogP contribution in [0.2, 0.25) is 5.02 Å². The van der Waals surface area contributed by atoms with Gasteiger partial charge < -0.3 is 10.2 Å². The number of carbonyl (C=O) groups excluding carboxylic acids is 2. The summed E-state index contributed by atoms with van der Waals surface area (Å²) in [6, 6.07) is 10.9. The molecule has 4 rings (SSSR count). The first-order chi connectivity index (χ1) is 13.1. The molecule has 0 radical (unpaired) electrons. The van der Waals surface area contributed by atoms with Crippen molar-refractivity contribution in [3.63, 3.8) is 0 Å². The van der Waals surface area contributed by atoms with Crippen molar-refractivity contribution in [2.75, 3.05) is 16.8 Å². The molecule has 0 aliphatic carbocycles. The van der Waals surface area contributed by atoms with Crippen molar-refractivity contribution in [1.29, 1.82) is 0 Å². The maximum Gasteiger partial charge on any atom is 0.231 e. The van der Waals surface area contributed by atoms with Gasteiger partial charge in [0.15, 0.2) is 5.13 Å². The maximum absolute atomic E-state index is 12.6. The van der Waals surface area contributed by atoms with E-state index in [1.807, 2.05) is 23.6 Å². The first-order valence-electron chi connectivity index (χ1n) is 8.33. The normalized spacial score (nSPS) is 16.6. The Kier molecular flexibility index (Phi) is 4.87. The lowest BCUT2D eigenvalue weighted by molar-refractivity contribution is -0.122. The van der Waals surface area contributed by atoms with Gasteiger partial charge in [-0.3, -0.25) is 14.6 Å². The molecule has 2 aromatic heterocycles. The van der Waals surface area contributed by atoms with E-state index in [2.05, 4.69) is 15.3 Å². The molecule has 1 aliphatic heterocycles. The molecule has 3 heterocycles. The molecule has 1 atom stereocenters. The molecule has 3 aromatic rings. The minimum Gasteiger partial charge on any atom is -0.310 e. The Labute approximate surface area is 164 Å². The first-order valence-corrected chi connectivity index (χ1v) is 9.59. The summed E-state index contributed by atoms with van der Waals surface area (Å²) in [7, 11) is 0. The average molecular weight is 399 g/mol. The van der Waals surface area contributed by atoms with E-state index in [1.54, 1.807) is 35.5 Å². The second-order valence-corrected chi connectivity index (χ2v) is 7.39. The Morgan fingerprint density at radius 3 is 2.89 bits per heavy atom. The number of anilines is 2. The summed E-state index contributed by atoms with van der Waals surface area (Å²) in [5.74, 6) is -0.775. The fourth-order valence-electron chi connectivity index (χ4n) is 2.97. The molecule has 1 saturated heterocycles. The van der Waals surface area contributed by atoms with Crippen LogP contribution in [0, 0.1) is 5.92 Å². The number of nitrogens with one attached hydrogen (secondary N) is 1. The van der Waals surface area contributed by atoms with E-state index in [0.717, 1.165) is 11.3 Å². The third kappa shape index (κ3) is 3.70. The molecule has 6 nitrogen and oxygen atoms in total. The van der Waals surface area contributed by atoms with Crippen LogP contribution >= 0.6 is 22.9 Å². The summed E-state index contributed by atoms with van der Waals surface area (Å²) < 4.78 is 0. The number of hydrogen-bond acceptors (Lipinski definition) is 5. The number of benzene rings is 1. The molecular weight excluding hydrogens is 384 g/mol. The van der Waals surface area contributed by atoms with Crippen molar-refractivity contribution >= 4 is 45.6 Å². The minimum atomic E-state index is -0.445. The van der Waals surface area contributed by atoms with Gasteiger partial charge in [-0.05, 0) is 24.3 Å². The van der Waals surface area contributed by atoms with Gasteiger partial charge in [0.1, 0.15) is 0 Å². The summed E-state index contributed by atoms with van der Waals surface area (Å²) in [6.07, 6.45) is 3.57. The lowest BCUT2D eigenvalue weighted by atomic mass is 10.1. The molecule has 27 heavy (non-hydrogen) atoms. The Bertz CT molecular complexity index is 992. The maximum atomic E-state index is 12.6. The number of pyridine rings is 1. The van der Waals surface area contributed by atoms with E-state index < -0.39 is 5.92 Å². The highest BCUT2D eigenvalue weighted by atomic mass is 35.5. The van der Waals surface area contributed by atoms with Crippen LogP contribution in [0.1, 0.15) is 6.42 Å². The zero-order chi connectivity index (χ0) is 18.8. The van der Waals surface area contributed by atoms with Crippen molar-refractivity contribution in [3.05, 3.63) is 59.2 Å². The van der Waals surface area contributed by atoms with Crippen molar-refractivity contribution in [3.8, 4) is 11.3 Å². The van der Waals surface area contributed by atoms with E-state index in [4.69, 9.17) is 11.6 Å². The van der Waals surface area contributed by atoms with Gasteiger partial charge in [0.25, 0.3) is 0 Å². The van der Waals surface area contributed by atoms with E-state index in [1.165, 1.54) is 11.3 Å². The number of hydrogen-bond donors (Lipinski definition) is 1. The van der Waals surface area contributed by atoms with Crippen LogP contribution in [-0.2, 0) is 9.59 Å². The number of halogens is 1. The second-order valence-electron chi connectivity index (χ2n) is 6.13. The molecule has 1 fully saturated rings. The Balaban J connectivity index is 1.45. The Morgan fingerprint density at radius 2 is 2.11 bits per heavy atom. The fraction of sp³-hybridized carbons (Fsp3) is 0.158. The molecule has 1 aromatic carbocycles. The third-order valence-electron chi connectivity index (χ3n) is 4.33. The molecule has 1 unspecified atom stereocenters. The molecular formula is C19H15ClN4O2S. The molecule has 2 amide bonds. The quantitative estimate of drug-likeness (QED) is 0.724. The van der Waals surface area contributed by atoms with E-state index in [9.17, 15) is 9.59 Å². The van der Waals surface area contributed by atoms with Crippen LogP contribution < -0.4 is 10.2 Å². The average Bonchev–Trinajstić information content (AvgIpc) is 3.30. The predicted molar refractivity (Wildman–Crippen MR) is 106 cm³/mol. The largest absolute Gasteiger partial charge is 0.310 e. The minimum absolute atomic E-state index is 0.113. The summed E-state index contributed by atoms with van der Waals surface area (Å²) in [5, 5.41) is 5.68. The van der Waals surface area contributed by atoms with Crippen LogP contribution in [0.15, 0.2) is 54.2 Å². The highest BCUT2D eigenvalue weighted by Gasteiger charge is 2.36. The monoisotopic (exact) mass is 398 g/mol. The lowest BCUT2D eigenvalue weighted by Gasteiger charge is -2.17. The molecule has 0 saturated carbocycles. The third-order valence-corrected chi connectivity index (χ3v) is 5.41. The van der Waals surface area contributed by atoms with E-state index >= 15 is 0 Å². The zero-order valence-corrected chi connectivity index (χ0v) is 15.7. The predicted octanol–water partition coefficient (Wildman–Crippen LogP) is 3.85. The second kappa shape index (κ2) is 7.46. The van der Waals surface area contributed by atoms with Gasteiger partial charge in [-0.15, -0.1) is 11.3 Å². The molecule has 1 aliphatic rings. The van der Waals surface area contributed by atoms with Crippen LogP contribution in [-0.4, -0.2) is 28.3 Å². The molecule has 136 valence electrons. The zero-order valence-electron chi connectivity index (χ0n) is 14.1. The van der Waals surface area contributed by atoms with Gasteiger partial charge in [0, 0.05) is 36.3 Å². The van der Waals surface area contributed by atoms with Crippen molar-refractivity contribution in [1.82, 2.24) is 9.97 Å². The Morgan fingerprint density at radius 1 is 1.26 bits per heavy atom. The van der Waals surface area contributed by atoms with E-state index in [0.29, 0.717) is 22.4 Å². The molecule has 0 spiro atoms. The highest BCUT2D eigenvalue weighted by Crippen LogP contribution is 2.32. The van der Waals surface area contributed by atoms with Crippen LogP contribution in [0.25, 0.3) is 11.3 Å². The van der Waals surface area contributed by atoms with Gasteiger partial charge in [0.05, 0.1) is 22.3 Å². The number of amides is 2. The summed E-state index contributed by atoms with van der Waals surface area (Å²) in [4.78, 5) is 35.0. The Hall–Kier alpha value is -2.77. The number of aromatic nitrogens is 2. The summed E-state index contributed by atoms with van der Waals surface area (Å²) in [6.45, 7) is 0.301. The molecule has 8 heteroatoms. The van der Waals surface area contributed by atoms with Gasteiger partial charge in [-0.1, -0.05) is 23.7 Å². The fourth-order valence-corrected chi connectivity index (χ4v) is 3.93. The molecule has 1 N–H and O–H groups in total. The SMILES string of the molecule is O=C(Nc1nc(-c2cccnc2)cs1)C1CC(=O)N(c2ccccc2Cl)C1. The summed E-state index contributed by atoms with van der Waals surface area (Å²) >= 11 is 7.52. The number of carbonyl (C=O) groups is 2. The summed E-state index contributed by atoms with van der Waals surface area (Å²) in [5.41, 5.74) is 2.27. The number of para-hydroxylation sites is 1. The van der Waals surface area contributed by atoms with Crippen molar-refractivity contribution in [2.24, 2.45) is 5.92 Å². The smallest absolute Gasteiger partial charge is 0.231 e. The van der Waals surface area contributed by atoms with Crippen molar-refractivity contribution in [2.45, 2.75) is 6.42 Å². The van der Waals surface area contributed by atoms with Gasteiger partial charge >= 0.3 is 0 Å². The van der Waals surface area contributed by atoms with Gasteiger partial charge in [-0.25, -0.2) is 4.98 Å². The number of thiazole rings is 1. The van der Waals surface area contributed by atoms with Crippen LogP contribution in [0.4, 0.5) is 10.8 Å². The highest BCUT2D eigenvalue weighted by molar-refractivity contribution is 7.14.